The van der Waals surface area contributed by atoms with E-state index in [2.05, 4.69) is 15.0 Å². The standard InChI is InChI=1S/C19H15N5O4.ClH/c20-18-22-16-15(17(25)23-18)24(10-21-16)9-11-5-7-12(8-6-11)13-3-1-2-4-14(13)28-19(26)27;/h1-8,10H,9H2,(H,26,27)(H3,20,22,23,25);1H. The van der Waals surface area contributed by atoms with Crippen LogP contribution in [0.3, 0.4) is 0 Å². The van der Waals surface area contributed by atoms with Crippen LogP contribution < -0.4 is 16.0 Å². The maximum atomic E-state index is 12.1. The SMILES string of the molecule is Cl.Nc1nc2ncn(Cc3ccc(-c4ccccc4OC(=O)O)cc3)c2c(=O)[nH]1. The number of H-pyrrole nitrogens is 1. The van der Waals surface area contributed by atoms with Crippen LogP contribution >= 0.6 is 12.4 Å². The van der Waals surface area contributed by atoms with Crippen molar-refractivity contribution in [2.75, 3.05) is 5.73 Å². The number of aromatic amines is 1. The lowest BCUT2D eigenvalue weighted by molar-refractivity contribution is 0.144. The van der Waals surface area contributed by atoms with Crippen molar-refractivity contribution >= 4 is 35.7 Å². The predicted molar refractivity (Wildman–Crippen MR) is 109 cm³/mol. The van der Waals surface area contributed by atoms with Crippen molar-refractivity contribution in [2.45, 2.75) is 6.54 Å². The number of anilines is 1. The molecule has 0 aliphatic heterocycles. The number of halogens is 1. The molecule has 0 atom stereocenters. The van der Waals surface area contributed by atoms with Gasteiger partial charge in [0.2, 0.25) is 5.95 Å². The maximum Gasteiger partial charge on any atom is 0.511 e. The number of carboxylic acid groups (broad SMARTS) is 1. The van der Waals surface area contributed by atoms with E-state index in [1.807, 2.05) is 24.3 Å². The number of para-hydroxylation sites is 1. The number of hydrogen-bond acceptors (Lipinski definition) is 6. The minimum Gasteiger partial charge on any atom is -0.449 e. The van der Waals surface area contributed by atoms with Gasteiger partial charge in [-0.1, -0.05) is 42.5 Å². The van der Waals surface area contributed by atoms with Gasteiger partial charge >= 0.3 is 6.16 Å². The zero-order valence-electron chi connectivity index (χ0n) is 14.9. The lowest BCUT2D eigenvalue weighted by Gasteiger charge is -2.09. The van der Waals surface area contributed by atoms with E-state index in [4.69, 9.17) is 15.6 Å². The Morgan fingerprint density at radius 1 is 1.17 bits per heavy atom. The predicted octanol–water partition coefficient (Wildman–Crippen LogP) is 2.90. The van der Waals surface area contributed by atoms with E-state index in [9.17, 15) is 9.59 Å². The fourth-order valence-electron chi connectivity index (χ4n) is 3.00. The van der Waals surface area contributed by atoms with Gasteiger partial charge in [0.25, 0.3) is 5.56 Å². The first kappa shape index (κ1) is 19.9. The van der Waals surface area contributed by atoms with Crippen molar-refractivity contribution in [3.8, 4) is 16.9 Å². The van der Waals surface area contributed by atoms with Gasteiger partial charge < -0.3 is 20.1 Å². The van der Waals surface area contributed by atoms with Crippen LogP contribution in [-0.2, 0) is 6.54 Å². The number of ether oxygens (including phenoxy) is 1. The first-order valence-electron chi connectivity index (χ1n) is 8.31. The average Bonchev–Trinajstić information content (AvgIpc) is 3.05. The lowest BCUT2D eigenvalue weighted by atomic mass is 10.0. The molecule has 29 heavy (non-hydrogen) atoms. The zero-order valence-corrected chi connectivity index (χ0v) is 15.7. The number of imidazole rings is 1. The second-order valence-electron chi connectivity index (χ2n) is 6.06. The Labute approximate surface area is 170 Å². The summed E-state index contributed by atoms with van der Waals surface area (Å²) < 4.78 is 6.53. The van der Waals surface area contributed by atoms with E-state index in [1.165, 1.54) is 6.33 Å². The number of carbonyl (C=O) groups is 1. The molecule has 0 bridgehead atoms. The van der Waals surface area contributed by atoms with Gasteiger partial charge in [-0.15, -0.1) is 12.4 Å². The highest BCUT2D eigenvalue weighted by atomic mass is 35.5. The van der Waals surface area contributed by atoms with Gasteiger partial charge in [0.05, 0.1) is 6.33 Å². The Balaban J connectivity index is 0.00000240. The number of nitrogens with zero attached hydrogens (tertiary/aromatic N) is 3. The molecule has 0 aliphatic carbocycles. The summed E-state index contributed by atoms with van der Waals surface area (Å²) in [5, 5.41) is 8.88. The molecule has 0 unspecified atom stereocenters. The van der Waals surface area contributed by atoms with E-state index in [0.717, 1.165) is 11.1 Å². The third kappa shape index (κ3) is 4.04. The van der Waals surface area contributed by atoms with Gasteiger partial charge in [0, 0.05) is 12.1 Å². The van der Waals surface area contributed by atoms with Crippen LogP contribution in [0, 0.1) is 0 Å². The average molecular weight is 414 g/mol. The van der Waals surface area contributed by atoms with Crippen molar-refractivity contribution in [3.63, 3.8) is 0 Å². The quantitative estimate of drug-likeness (QED) is 0.345. The summed E-state index contributed by atoms with van der Waals surface area (Å²) in [4.78, 5) is 33.6. The number of benzene rings is 2. The molecule has 148 valence electrons. The first-order valence-corrected chi connectivity index (χ1v) is 8.31. The molecule has 4 rings (SSSR count). The maximum absolute atomic E-state index is 12.1. The normalized spacial score (nSPS) is 10.5. The molecule has 2 heterocycles. The van der Waals surface area contributed by atoms with Crippen LogP contribution in [0.4, 0.5) is 10.7 Å². The molecule has 9 nitrogen and oxygen atoms in total. The van der Waals surface area contributed by atoms with E-state index in [0.29, 0.717) is 17.6 Å². The molecular formula is C19H16ClN5O4. The largest absolute Gasteiger partial charge is 0.511 e. The van der Waals surface area contributed by atoms with Gasteiger partial charge in [-0.25, -0.2) is 9.78 Å². The van der Waals surface area contributed by atoms with Crippen LogP contribution in [-0.4, -0.2) is 30.8 Å². The van der Waals surface area contributed by atoms with Crippen molar-refractivity contribution in [1.82, 2.24) is 19.5 Å². The summed E-state index contributed by atoms with van der Waals surface area (Å²) in [6.45, 7) is 0.415. The van der Waals surface area contributed by atoms with Crippen LogP contribution in [0.5, 0.6) is 5.75 Å². The van der Waals surface area contributed by atoms with Crippen molar-refractivity contribution in [1.29, 1.82) is 0 Å². The Bertz CT molecular complexity index is 1230. The molecule has 4 aromatic rings. The molecule has 10 heteroatoms. The van der Waals surface area contributed by atoms with Gasteiger partial charge in [-0.3, -0.25) is 9.78 Å². The molecule has 0 saturated carbocycles. The van der Waals surface area contributed by atoms with E-state index >= 15 is 0 Å². The van der Waals surface area contributed by atoms with Crippen LogP contribution in [0.1, 0.15) is 5.56 Å². The minimum atomic E-state index is -1.37. The molecule has 0 fully saturated rings. The Morgan fingerprint density at radius 3 is 2.62 bits per heavy atom. The summed E-state index contributed by atoms with van der Waals surface area (Å²) >= 11 is 0. The van der Waals surface area contributed by atoms with E-state index < -0.39 is 6.16 Å². The second-order valence-corrected chi connectivity index (χ2v) is 6.06. The first-order chi connectivity index (χ1) is 13.5. The summed E-state index contributed by atoms with van der Waals surface area (Å²) in [5.41, 5.74) is 8.23. The Kier molecular flexibility index (Phi) is 5.51. The molecule has 0 spiro atoms. The smallest absolute Gasteiger partial charge is 0.449 e. The third-order valence-electron chi connectivity index (χ3n) is 4.20. The second kappa shape index (κ2) is 8.03. The fourth-order valence-corrected chi connectivity index (χ4v) is 3.00. The van der Waals surface area contributed by atoms with Gasteiger partial charge in [0.1, 0.15) is 5.75 Å². The Morgan fingerprint density at radius 2 is 1.90 bits per heavy atom. The van der Waals surface area contributed by atoms with Gasteiger partial charge in [0.15, 0.2) is 11.2 Å². The molecule has 2 aromatic heterocycles. The highest BCUT2D eigenvalue weighted by molar-refractivity contribution is 5.85. The van der Waals surface area contributed by atoms with Gasteiger partial charge in [-0.2, -0.15) is 4.98 Å². The van der Waals surface area contributed by atoms with Gasteiger partial charge in [-0.05, 0) is 17.2 Å². The van der Waals surface area contributed by atoms with E-state index in [1.54, 1.807) is 28.8 Å². The van der Waals surface area contributed by atoms with Crippen LogP contribution in [0.25, 0.3) is 22.3 Å². The number of nitrogens with two attached hydrogens (primary N) is 1. The molecule has 4 N–H and O–H groups in total. The van der Waals surface area contributed by atoms with Crippen molar-refractivity contribution in [2.24, 2.45) is 0 Å². The summed E-state index contributed by atoms with van der Waals surface area (Å²) in [6, 6.07) is 14.4. The summed E-state index contributed by atoms with van der Waals surface area (Å²) in [7, 11) is 0. The minimum absolute atomic E-state index is 0. The number of hydrogen-bond donors (Lipinski definition) is 3. The fraction of sp³-hybridized carbons (Fsp3) is 0.0526. The topological polar surface area (TPSA) is 136 Å². The number of aromatic nitrogens is 4. The zero-order chi connectivity index (χ0) is 19.7. The summed E-state index contributed by atoms with van der Waals surface area (Å²) in [5.74, 6) is 0.285. The molecule has 0 radical (unpaired) electrons. The molecule has 0 saturated heterocycles. The highest BCUT2D eigenvalue weighted by Gasteiger charge is 2.11. The van der Waals surface area contributed by atoms with Crippen molar-refractivity contribution < 1.29 is 14.6 Å². The van der Waals surface area contributed by atoms with E-state index in [-0.39, 0.29) is 35.3 Å². The van der Waals surface area contributed by atoms with Crippen LogP contribution in [0.15, 0.2) is 59.7 Å². The highest BCUT2D eigenvalue weighted by Crippen LogP contribution is 2.30. The third-order valence-corrected chi connectivity index (χ3v) is 4.20. The number of fused-ring (bicyclic) bond motifs is 1. The number of nitrogen functional groups attached to an aromatic ring is 1. The molecule has 0 aliphatic rings. The molecular weight excluding hydrogens is 398 g/mol. The number of rotatable bonds is 4. The molecule has 0 amide bonds. The monoisotopic (exact) mass is 413 g/mol. The van der Waals surface area contributed by atoms with Crippen molar-refractivity contribution in [3.05, 3.63) is 70.8 Å². The lowest BCUT2D eigenvalue weighted by Crippen LogP contribution is -2.14. The summed E-state index contributed by atoms with van der Waals surface area (Å²) in [6.07, 6.45) is 0.173. The van der Waals surface area contributed by atoms with Crippen LogP contribution in [0.2, 0.25) is 0 Å². The molecule has 2 aromatic carbocycles. The Hall–Kier alpha value is -3.85. The number of nitrogens with one attached hydrogen (secondary N) is 1.